The number of nitrogens with two attached hydrogens (primary N) is 1. The van der Waals surface area contributed by atoms with Gasteiger partial charge in [0.25, 0.3) is 0 Å². The average Bonchev–Trinajstić information content (AvgIpc) is 2.87. The second kappa shape index (κ2) is 7.02. The summed E-state index contributed by atoms with van der Waals surface area (Å²) >= 11 is 1.40. The van der Waals surface area contributed by atoms with Gasteiger partial charge in [-0.05, 0) is 18.6 Å². The Labute approximate surface area is 121 Å². The molecule has 0 unspecified atom stereocenters. The van der Waals surface area contributed by atoms with E-state index in [0.717, 1.165) is 11.3 Å². The van der Waals surface area contributed by atoms with Crippen LogP contribution < -0.4 is 11.1 Å². The number of ether oxygens (including phenoxy) is 1. The molecular weight excluding hydrogens is 274 g/mol. The van der Waals surface area contributed by atoms with Crippen LogP contribution in [0.25, 0.3) is 11.3 Å². The summed E-state index contributed by atoms with van der Waals surface area (Å²) in [5, 5.41) is 5.29. The van der Waals surface area contributed by atoms with Crippen molar-refractivity contribution < 1.29 is 9.53 Å². The van der Waals surface area contributed by atoms with Crippen molar-refractivity contribution in [1.82, 2.24) is 4.98 Å². The van der Waals surface area contributed by atoms with Gasteiger partial charge in [-0.15, -0.1) is 11.3 Å². The largest absolute Gasteiger partial charge is 0.399 e. The predicted octanol–water partition coefficient (Wildman–Crippen LogP) is 2.76. The SMILES string of the molecule is COCCCC(=O)Nc1nc(-c2cccc(N)c2)cs1. The molecule has 0 atom stereocenters. The molecule has 0 aliphatic heterocycles. The number of nitrogens with one attached hydrogen (secondary N) is 1. The van der Waals surface area contributed by atoms with Gasteiger partial charge in [0.1, 0.15) is 0 Å². The normalized spacial score (nSPS) is 10.4. The first-order valence-corrected chi connectivity index (χ1v) is 7.17. The Bertz CT molecular complexity index is 583. The quantitative estimate of drug-likeness (QED) is 0.633. The van der Waals surface area contributed by atoms with E-state index in [2.05, 4.69) is 10.3 Å². The van der Waals surface area contributed by atoms with E-state index in [1.807, 2.05) is 29.6 Å². The van der Waals surface area contributed by atoms with E-state index in [4.69, 9.17) is 10.5 Å². The number of amides is 1. The predicted molar refractivity (Wildman–Crippen MR) is 81.7 cm³/mol. The van der Waals surface area contributed by atoms with E-state index in [1.54, 1.807) is 7.11 Å². The topological polar surface area (TPSA) is 77.2 Å². The van der Waals surface area contributed by atoms with Gasteiger partial charge in [0, 0.05) is 36.8 Å². The first-order valence-electron chi connectivity index (χ1n) is 6.29. The molecule has 0 aliphatic rings. The number of rotatable bonds is 6. The van der Waals surface area contributed by atoms with E-state index in [0.29, 0.717) is 30.3 Å². The molecule has 3 N–H and O–H groups in total. The maximum atomic E-state index is 11.7. The molecule has 2 rings (SSSR count). The molecule has 0 spiro atoms. The van der Waals surface area contributed by atoms with Crippen LogP contribution in [0.15, 0.2) is 29.6 Å². The van der Waals surface area contributed by atoms with Crippen molar-refractivity contribution >= 4 is 28.1 Å². The van der Waals surface area contributed by atoms with Gasteiger partial charge >= 0.3 is 0 Å². The third-order valence-electron chi connectivity index (χ3n) is 2.69. The number of anilines is 2. The number of nitrogens with zero attached hydrogens (tertiary/aromatic N) is 1. The minimum absolute atomic E-state index is 0.0458. The molecule has 1 aromatic heterocycles. The molecule has 0 saturated carbocycles. The maximum absolute atomic E-state index is 11.7. The third-order valence-corrected chi connectivity index (χ3v) is 3.44. The lowest BCUT2D eigenvalue weighted by Gasteiger charge is -2.01. The molecule has 106 valence electrons. The van der Waals surface area contributed by atoms with Gasteiger partial charge in [-0.1, -0.05) is 12.1 Å². The van der Waals surface area contributed by atoms with Crippen molar-refractivity contribution in [2.75, 3.05) is 24.8 Å². The zero-order valence-electron chi connectivity index (χ0n) is 11.3. The van der Waals surface area contributed by atoms with Gasteiger partial charge < -0.3 is 15.8 Å². The van der Waals surface area contributed by atoms with Crippen LogP contribution in [0.1, 0.15) is 12.8 Å². The molecule has 1 heterocycles. The van der Waals surface area contributed by atoms with Crippen LogP contribution >= 0.6 is 11.3 Å². The van der Waals surface area contributed by atoms with Crippen molar-refractivity contribution in [2.24, 2.45) is 0 Å². The molecule has 6 heteroatoms. The van der Waals surface area contributed by atoms with Crippen LogP contribution in [0.3, 0.4) is 0 Å². The lowest BCUT2D eigenvalue weighted by Crippen LogP contribution is -2.11. The van der Waals surface area contributed by atoms with Crippen LogP contribution in [0.5, 0.6) is 0 Å². The summed E-state index contributed by atoms with van der Waals surface area (Å²) in [6, 6.07) is 7.51. The van der Waals surface area contributed by atoms with Gasteiger partial charge in [0.15, 0.2) is 5.13 Å². The summed E-state index contributed by atoms with van der Waals surface area (Å²) in [6.07, 6.45) is 1.14. The van der Waals surface area contributed by atoms with Crippen molar-refractivity contribution in [3.05, 3.63) is 29.6 Å². The number of thiazole rings is 1. The van der Waals surface area contributed by atoms with E-state index in [9.17, 15) is 4.79 Å². The summed E-state index contributed by atoms with van der Waals surface area (Å²) in [5.41, 5.74) is 8.20. The lowest BCUT2D eigenvalue weighted by atomic mass is 10.1. The van der Waals surface area contributed by atoms with Crippen LogP contribution in [-0.4, -0.2) is 24.6 Å². The zero-order chi connectivity index (χ0) is 14.4. The molecule has 20 heavy (non-hydrogen) atoms. The fourth-order valence-electron chi connectivity index (χ4n) is 1.72. The molecule has 0 aliphatic carbocycles. The third kappa shape index (κ3) is 4.04. The summed E-state index contributed by atoms with van der Waals surface area (Å²) in [6.45, 7) is 0.583. The number of methoxy groups -OCH3 is 1. The molecule has 0 saturated heterocycles. The Balaban J connectivity index is 1.97. The summed E-state index contributed by atoms with van der Waals surface area (Å²) < 4.78 is 4.91. The molecule has 0 radical (unpaired) electrons. The Morgan fingerprint density at radius 3 is 3.10 bits per heavy atom. The minimum Gasteiger partial charge on any atom is -0.399 e. The number of benzene rings is 1. The molecule has 5 nitrogen and oxygen atoms in total. The lowest BCUT2D eigenvalue weighted by molar-refractivity contribution is -0.116. The van der Waals surface area contributed by atoms with Gasteiger partial charge in [-0.25, -0.2) is 4.98 Å². The van der Waals surface area contributed by atoms with Crippen molar-refractivity contribution in [3.63, 3.8) is 0 Å². The first-order chi connectivity index (χ1) is 9.69. The fourth-order valence-corrected chi connectivity index (χ4v) is 2.46. The first kappa shape index (κ1) is 14.5. The highest BCUT2D eigenvalue weighted by Gasteiger charge is 2.08. The van der Waals surface area contributed by atoms with Gasteiger partial charge in [0.05, 0.1) is 5.69 Å². The number of aromatic nitrogens is 1. The average molecular weight is 291 g/mol. The molecule has 1 aromatic carbocycles. The summed E-state index contributed by atoms with van der Waals surface area (Å²) in [4.78, 5) is 16.1. The molecule has 0 bridgehead atoms. The molecule has 0 fully saturated rings. The smallest absolute Gasteiger partial charge is 0.226 e. The van der Waals surface area contributed by atoms with E-state index >= 15 is 0 Å². The maximum Gasteiger partial charge on any atom is 0.226 e. The van der Waals surface area contributed by atoms with Crippen LogP contribution in [0.4, 0.5) is 10.8 Å². The van der Waals surface area contributed by atoms with Gasteiger partial charge in [-0.2, -0.15) is 0 Å². The molecule has 1 amide bonds. The standard InChI is InChI=1S/C14H17N3O2S/c1-19-7-3-6-13(18)17-14-16-12(9-20-14)10-4-2-5-11(15)8-10/h2,4-5,8-9H,3,6-7,15H2,1H3,(H,16,17,18). The second-order valence-electron chi connectivity index (χ2n) is 4.31. The van der Waals surface area contributed by atoms with E-state index in [1.165, 1.54) is 11.3 Å². The second-order valence-corrected chi connectivity index (χ2v) is 5.17. The van der Waals surface area contributed by atoms with Crippen molar-refractivity contribution in [1.29, 1.82) is 0 Å². The zero-order valence-corrected chi connectivity index (χ0v) is 12.1. The highest BCUT2D eigenvalue weighted by molar-refractivity contribution is 7.14. The van der Waals surface area contributed by atoms with Crippen LogP contribution in [-0.2, 0) is 9.53 Å². The Morgan fingerprint density at radius 1 is 1.50 bits per heavy atom. The van der Waals surface area contributed by atoms with Crippen molar-refractivity contribution in [3.8, 4) is 11.3 Å². The molecule has 2 aromatic rings. The number of carbonyl (C=O) groups is 1. The fraction of sp³-hybridized carbons (Fsp3) is 0.286. The van der Waals surface area contributed by atoms with Crippen LogP contribution in [0, 0.1) is 0 Å². The number of nitrogen functional groups attached to an aromatic ring is 1. The summed E-state index contributed by atoms with van der Waals surface area (Å²) in [7, 11) is 1.62. The Hall–Kier alpha value is -1.92. The number of carbonyl (C=O) groups excluding carboxylic acids is 1. The van der Waals surface area contributed by atoms with Gasteiger partial charge in [0.2, 0.25) is 5.91 Å². The highest BCUT2D eigenvalue weighted by Crippen LogP contribution is 2.26. The van der Waals surface area contributed by atoms with Crippen LogP contribution in [0.2, 0.25) is 0 Å². The number of hydrogen-bond donors (Lipinski definition) is 2. The minimum atomic E-state index is -0.0458. The van der Waals surface area contributed by atoms with Gasteiger partial charge in [-0.3, -0.25) is 4.79 Å². The Morgan fingerprint density at radius 2 is 2.35 bits per heavy atom. The number of hydrogen-bond acceptors (Lipinski definition) is 5. The monoisotopic (exact) mass is 291 g/mol. The highest BCUT2D eigenvalue weighted by atomic mass is 32.1. The van der Waals surface area contributed by atoms with Crippen molar-refractivity contribution in [2.45, 2.75) is 12.8 Å². The van der Waals surface area contributed by atoms with E-state index < -0.39 is 0 Å². The van der Waals surface area contributed by atoms with E-state index in [-0.39, 0.29) is 5.91 Å². The molecular formula is C14H17N3O2S. The Kier molecular flexibility index (Phi) is 5.09. The summed E-state index contributed by atoms with van der Waals surface area (Å²) in [5.74, 6) is -0.0458.